The molecule has 1 rings (SSSR count). The second kappa shape index (κ2) is 9.09. The molecule has 0 heterocycles. The number of benzene rings is 1. The zero-order valence-electron chi connectivity index (χ0n) is 13.2. The van der Waals surface area contributed by atoms with Gasteiger partial charge in [-0.1, -0.05) is 26.0 Å². The Hall–Kier alpha value is -0.930. The first-order valence-corrected chi connectivity index (χ1v) is 7.49. The fourth-order valence-corrected chi connectivity index (χ4v) is 2.33. The summed E-state index contributed by atoms with van der Waals surface area (Å²) in [6.07, 6.45) is 2.22. The molecule has 1 aromatic rings. The van der Waals surface area contributed by atoms with E-state index in [1.165, 1.54) is 17.7 Å². The third-order valence-electron chi connectivity index (χ3n) is 3.49. The molecule has 1 N–H and O–H groups in total. The minimum Gasteiger partial charge on any atom is -0.382 e. The maximum Gasteiger partial charge on any atom is 0.123 e. The van der Waals surface area contributed by atoms with Crippen molar-refractivity contribution in [2.75, 3.05) is 20.2 Å². The Bertz CT molecular complexity index is 364. The third-order valence-corrected chi connectivity index (χ3v) is 3.49. The molecule has 3 heteroatoms. The SMILES string of the molecule is COC(C)CC(CNCC(C)C)Cc1ccc(F)cc1. The second-order valence-electron chi connectivity index (χ2n) is 6.03. The summed E-state index contributed by atoms with van der Waals surface area (Å²) in [5.41, 5.74) is 1.19. The fourth-order valence-electron chi connectivity index (χ4n) is 2.33. The van der Waals surface area contributed by atoms with E-state index in [0.717, 1.165) is 25.9 Å². The van der Waals surface area contributed by atoms with E-state index >= 15 is 0 Å². The van der Waals surface area contributed by atoms with E-state index in [9.17, 15) is 4.39 Å². The van der Waals surface area contributed by atoms with E-state index in [4.69, 9.17) is 4.74 Å². The Morgan fingerprint density at radius 1 is 1.10 bits per heavy atom. The molecule has 0 saturated carbocycles. The van der Waals surface area contributed by atoms with Crippen molar-refractivity contribution in [1.29, 1.82) is 0 Å². The molecule has 20 heavy (non-hydrogen) atoms. The van der Waals surface area contributed by atoms with Gasteiger partial charge in [-0.05, 0) is 62.4 Å². The largest absolute Gasteiger partial charge is 0.382 e. The topological polar surface area (TPSA) is 21.3 Å². The Labute approximate surface area is 122 Å². The molecular weight excluding hydrogens is 253 g/mol. The van der Waals surface area contributed by atoms with Crippen LogP contribution in [0.25, 0.3) is 0 Å². The van der Waals surface area contributed by atoms with Gasteiger partial charge in [0.2, 0.25) is 0 Å². The van der Waals surface area contributed by atoms with Crippen LogP contribution < -0.4 is 5.32 Å². The number of nitrogens with one attached hydrogen (secondary N) is 1. The molecule has 114 valence electrons. The van der Waals surface area contributed by atoms with Gasteiger partial charge in [-0.2, -0.15) is 0 Å². The summed E-state index contributed by atoms with van der Waals surface area (Å²) in [7, 11) is 1.75. The summed E-state index contributed by atoms with van der Waals surface area (Å²) in [5, 5.41) is 3.52. The third kappa shape index (κ3) is 7.01. The van der Waals surface area contributed by atoms with Gasteiger partial charge in [-0.15, -0.1) is 0 Å². The fraction of sp³-hybridized carbons (Fsp3) is 0.647. The highest BCUT2D eigenvalue weighted by molar-refractivity contribution is 5.16. The molecule has 2 unspecified atom stereocenters. The Morgan fingerprint density at radius 3 is 2.30 bits per heavy atom. The number of halogens is 1. The molecular formula is C17H28FNO. The van der Waals surface area contributed by atoms with Gasteiger partial charge < -0.3 is 10.1 Å². The Morgan fingerprint density at radius 2 is 1.75 bits per heavy atom. The lowest BCUT2D eigenvalue weighted by Crippen LogP contribution is -2.29. The summed E-state index contributed by atoms with van der Waals surface area (Å²) in [6.45, 7) is 8.52. The van der Waals surface area contributed by atoms with Crippen LogP contribution in [0.5, 0.6) is 0 Å². The molecule has 0 radical (unpaired) electrons. The van der Waals surface area contributed by atoms with Crippen LogP contribution in [-0.4, -0.2) is 26.3 Å². The number of methoxy groups -OCH3 is 1. The van der Waals surface area contributed by atoms with Gasteiger partial charge >= 0.3 is 0 Å². The molecule has 0 aromatic heterocycles. The predicted octanol–water partition coefficient (Wildman–Crippen LogP) is 3.66. The molecule has 0 spiro atoms. The van der Waals surface area contributed by atoms with E-state index in [-0.39, 0.29) is 11.9 Å². The lowest BCUT2D eigenvalue weighted by atomic mass is 9.93. The van der Waals surface area contributed by atoms with Crippen LogP contribution in [0.1, 0.15) is 32.8 Å². The number of hydrogen-bond acceptors (Lipinski definition) is 2. The average Bonchev–Trinajstić information content (AvgIpc) is 2.40. The van der Waals surface area contributed by atoms with Gasteiger partial charge in [-0.25, -0.2) is 4.39 Å². The van der Waals surface area contributed by atoms with E-state index in [2.05, 4.69) is 26.1 Å². The molecule has 0 bridgehead atoms. The van der Waals surface area contributed by atoms with E-state index in [0.29, 0.717) is 11.8 Å². The Kier molecular flexibility index (Phi) is 7.78. The highest BCUT2D eigenvalue weighted by atomic mass is 19.1. The average molecular weight is 281 g/mol. The van der Waals surface area contributed by atoms with Crippen LogP contribution >= 0.6 is 0 Å². The molecule has 0 aliphatic heterocycles. The highest BCUT2D eigenvalue weighted by Crippen LogP contribution is 2.16. The van der Waals surface area contributed by atoms with Crippen molar-refractivity contribution in [3.63, 3.8) is 0 Å². The number of rotatable bonds is 9. The first kappa shape index (κ1) is 17.1. The number of ether oxygens (including phenoxy) is 1. The van der Waals surface area contributed by atoms with Crippen LogP contribution in [0.2, 0.25) is 0 Å². The van der Waals surface area contributed by atoms with Crippen LogP contribution in [0.15, 0.2) is 24.3 Å². The van der Waals surface area contributed by atoms with Crippen molar-refractivity contribution in [2.45, 2.75) is 39.7 Å². The van der Waals surface area contributed by atoms with Crippen molar-refractivity contribution >= 4 is 0 Å². The molecule has 0 amide bonds. The quantitative estimate of drug-likeness (QED) is 0.746. The van der Waals surface area contributed by atoms with Gasteiger partial charge in [-0.3, -0.25) is 0 Å². The van der Waals surface area contributed by atoms with Crippen molar-refractivity contribution in [3.8, 4) is 0 Å². The van der Waals surface area contributed by atoms with Gasteiger partial charge in [0.1, 0.15) is 5.82 Å². The molecule has 0 saturated heterocycles. The summed E-state index contributed by atoms with van der Waals surface area (Å²) in [5.74, 6) is 0.990. The van der Waals surface area contributed by atoms with Crippen molar-refractivity contribution in [3.05, 3.63) is 35.6 Å². The zero-order valence-corrected chi connectivity index (χ0v) is 13.2. The van der Waals surface area contributed by atoms with Crippen molar-refractivity contribution in [2.24, 2.45) is 11.8 Å². The van der Waals surface area contributed by atoms with Crippen LogP contribution in [-0.2, 0) is 11.2 Å². The van der Waals surface area contributed by atoms with Gasteiger partial charge in [0, 0.05) is 7.11 Å². The van der Waals surface area contributed by atoms with Gasteiger partial charge in [0.05, 0.1) is 6.10 Å². The van der Waals surface area contributed by atoms with E-state index in [1.807, 2.05) is 12.1 Å². The Balaban J connectivity index is 2.54. The zero-order chi connectivity index (χ0) is 15.0. The summed E-state index contributed by atoms with van der Waals surface area (Å²) in [6, 6.07) is 6.83. The lowest BCUT2D eigenvalue weighted by Gasteiger charge is -2.21. The first-order valence-electron chi connectivity index (χ1n) is 7.49. The van der Waals surface area contributed by atoms with Crippen LogP contribution in [0.3, 0.4) is 0 Å². The number of hydrogen-bond donors (Lipinski definition) is 1. The minimum atomic E-state index is -0.173. The van der Waals surface area contributed by atoms with Crippen LogP contribution in [0.4, 0.5) is 4.39 Å². The maximum atomic E-state index is 12.9. The smallest absolute Gasteiger partial charge is 0.123 e. The summed E-state index contributed by atoms with van der Waals surface area (Å²) < 4.78 is 18.3. The maximum absolute atomic E-state index is 12.9. The normalized spacial score (nSPS) is 14.5. The molecule has 0 aliphatic rings. The minimum absolute atomic E-state index is 0.173. The van der Waals surface area contributed by atoms with Crippen molar-refractivity contribution < 1.29 is 9.13 Å². The summed E-state index contributed by atoms with van der Waals surface area (Å²) >= 11 is 0. The monoisotopic (exact) mass is 281 g/mol. The second-order valence-corrected chi connectivity index (χ2v) is 6.03. The van der Waals surface area contributed by atoms with Gasteiger partial charge in [0.15, 0.2) is 0 Å². The standard InChI is InChI=1S/C17H28FNO/c1-13(2)11-19-12-16(9-14(3)20-4)10-15-5-7-17(18)8-6-15/h5-8,13-14,16,19H,9-12H2,1-4H3. The van der Waals surface area contributed by atoms with E-state index < -0.39 is 0 Å². The highest BCUT2D eigenvalue weighted by Gasteiger charge is 2.14. The van der Waals surface area contributed by atoms with E-state index in [1.54, 1.807) is 7.11 Å². The summed E-state index contributed by atoms with van der Waals surface area (Å²) in [4.78, 5) is 0. The first-order chi connectivity index (χ1) is 9.51. The molecule has 2 nitrogen and oxygen atoms in total. The van der Waals surface area contributed by atoms with Gasteiger partial charge in [0.25, 0.3) is 0 Å². The molecule has 0 fully saturated rings. The molecule has 0 aliphatic carbocycles. The predicted molar refractivity (Wildman–Crippen MR) is 82.4 cm³/mol. The lowest BCUT2D eigenvalue weighted by molar-refractivity contribution is 0.0945. The molecule has 2 atom stereocenters. The van der Waals surface area contributed by atoms with Crippen LogP contribution in [0, 0.1) is 17.7 Å². The van der Waals surface area contributed by atoms with Crippen molar-refractivity contribution in [1.82, 2.24) is 5.32 Å². The molecule has 1 aromatic carbocycles.